The summed E-state index contributed by atoms with van der Waals surface area (Å²) in [7, 11) is 0. The summed E-state index contributed by atoms with van der Waals surface area (Å²) >= 11 is 0. The van der Waals surface area contributed by atoms with Crippen molar-refractivity contribution in [2.45, 2.75) is 77.2 Å². The summed E-state index contributed by atoms with van der Waals surface area (Å²) in [6, 6.07) is 0. The summed E-state index contributed by atoms with van der Waals surface area (Å²) in [4.78, 5) is 44.8. The van der Waals surface area contributed by atoms with Crippen LogP contribution in [-0.4, -0.2) is 73.7 Å². The van der Waals surface area contributed by atoms with Crippen LogP contribution in [0.1, 0.15) is 40.5 Å². The molecule has 0 aromatic carbocycles. The van der Waals surface area contributed by atoms with Crippen molar-refractivity contribution in [3.05, 3.63) is 0 Å². The molecule has 2 rings (SSSR count). The first-order valence-electron chi connectivity index (χ1n) is 9.07. The molecule has 6 atom stereocenters. The van der Waals surface area contributed by atoms with Crippen LogP contribution in [0, 0.1) is 0 Å². The van der Waals surface area contributed by atoms with Crippen molar-refractivity contribution in [3.63, 3.8) is 0 Å². The number of hydrogen-bond acceptors (Lipinski definition) is 10. The van der Waals surface area contributed by atoms with E-state index in [4.69, 9.17) is 28.4 Å². The lowest BCUT2D eigenvalue weighted by Gasteiger charge is -2.26. The van der Waals surface area contributed by atoms with Gasteiger partial charge in [0, 0.05) is 40.5 Å². The standard InChI is InChI=1S/C18H26O10/c1-9(19)23-7-17(25-11(3)21)15-5-13-14(27-15)6-16(28-13)18(26-12(4)22)8-24-10(2)20/h13-18H,5-8H2,1-4H3/t13-,14-,15+,16+,17-,18-/m1/s1. The molecule has 0 aliphatic carbocycles. The fourth-order valence-electron chi connectivity index (χ4n) is 3.35. The second-order valence-electron chi connectivity index (χ2n) is 6.80. The number of esters is 4. The molecule has 0 spiro atoms. The summed E-state index contributed by atoms with van der Waals surface area (Å²) < 4.78 is 32.2. The highest BCUT2D eigenvalue weighted by Gasteiger charge is 2.49. The van der Waals surface area contributed by atoms with E-state index in [1.54, 1.807) is 0 Å². The molecule has 0 aromatic rings. The molecule has 0 radical (unpaired) electrons. The molecule has 10 nitrogen and oxygen atoms in total. The number of ether oxygens (including phenoxy) is 6. The largest absolute Gasteiger partial charge is 0.462 e. The second kappa shape index (κ2) is 9.83. The summed E-state index contributed by atoms with van der Waals surface area (Å²) in [6.07, 6.45) is -2.22. The molecule has 0 saturated carbocycles. The minimum Gasteiger partial charge on any atom is -0.462 e. The normalized spacial score (nSPS) is 28.0. The zero-order chi connectivity index (χ0) is 20.8. The Kier molecular flexibility index (Phi) is 7.76. The number of fused-ring (bicyclic) bond motifs is 1. The van der Waals surface area contributed by atoms with Crippen LogP contribution in [0.3, 0.4) is 0 Å². The van der Waals surface area contributed by atoms with Gasteiger partial charge in [0.2, 0.25) is 0 Å². The Morgan fingerprint density at radius 1 is 0.714 bits per heavy atom. The molecule has 158 valence electrons. The fraction of sp³-hybridized carbons (Fsp3) is 0.778. The number of rotatable bonds is 8. The van der Waals surface area contributed by atoms with E-state index in [2.05, 4.69) is 0 Å². The Labute approximate surface area is 162 Å². The van der Waals surface area contributed by atoms with Gasteiger partial charge in [-0.05, 0) is 0 Å². The molecule has 2 heterocycles. The number of carbonyl (C=O) groups is 4. The quantitative estimate of drug-likeness (QED) is 0.413. The lowest BCUT2D eigenvalue weighted by atomic mass is 10.1. The van der Waals surface area contributed by atoms with Gasteiger partial charge in [0.25, 0.3) is 0 Å². The smallest absolute Gasteiger partial charge is 0.303 e. The van der Waals surface area contributed by atoms with Gasteiger partial charge >= 0.3 is 23.9 Å². The first kappa shape index (κ1) is 22.1. The first-order valence-corrected chi connectivity index (χ1v) is 9.07. The minimum atomic E-state index is -0.737. The van der Waals surface area contributed by atoms with Crippen LogP contribution in [0.2, 0.25) is 0 Å². The van der Waals surface area contributed by atoms with Crippen LogP contribution >= 0.6 is 0 Å². The van der Waals surface area contributed by atoms with E-state index in [0.29, 0.717) is 12.8 Å². The van der Waals surface area contributed by atoms with Crippen LogP contribution < -0.4 is 0 Å². The molecule has 0 amide bonds. The second-order valence-corrected chi connectivity index (χ2v) is 6.80. The molecular weight excluding hydrogens is 376 g/mol. The molecular formula is C18H26O10. The van der Waals surface area contributed by atoms with Gasteiger partial charge in [-0.25, -0.2) is 0 Å². The molecule has 2 fully saturated rings. The van der Waals surface area contributed by atoms with Crippen molar-refractivity contribution in [1.29, 1.82) is 0 Å². The summed E-state index contributed by atoms with van der Waals surface area (Å²) in [5.41, 5.74) is 0. The Balaban J connectivity index is 1.95. The van der Waals surface area contributed by atoms with Crippen molar-refractivity contribution < 1.29 is 47.6 Å². The van der Waals surface area contributed by atoms with Gasteiger partial charge in [-0.3, -0.25) is 19.2 Å². The zero-order valence-corrected chi connectivity index (χ0v) is 16.4. The highest BCUT2D eigenvalue weighted by Crippen LogP contribution is 2.37. The van der Waals surface area contributed by atoms with Crippen molar-refractivity contribution in [2.75, 3.05) is 13.2 Å². The topological polar surface area (TPSA) is 124 Å². The van der Waals surface area contributed by atoms with Crippen LogP contribution in [0.4, 0.5) is 0 Å². The molecule has 0 aromatic heterocycles. The van der Waals surface area contributed by atoms with Gasteiger partial charge in [-0.2, -0.15) is 0 Å². The van der Waals surface area contributed by atoms with E-state index in [1.165, 1.54) is 27.7 Å². The fourth-order valence-corrected chi connectivity index (χ4v) is 3.35. The lowest BCUT2D eigenvalue weighted by molar-refractivity contribution is -0.168. The average Bonchev–Trinajstić information content (AvgIpc) is 3.13. The van der Waals surface area contributed by atoms with E-state index in [9.17, 15) is 19.2 Å². The van der Waals surface area contributed by atoms with Crippen molar-refractivity contribution in [3.8, 4) is 0 Å². The molecule has 2 saturated heterocycles. The maximum Gasteiger partial charge on any atom is 0.303 e. The first-order chi connectivity index (χ1) is 13.2. The Morgan fingerprint density at radius 2 is 1.07 bits per heavy atom. The molecule has 28 heavy (non-hydrogen) atoms. The van der Waals surface area contributed by atoms with Gasteiger partial charge < -0.3 is 28.4 Å². The van der Waals surface area contributed by atoms with Gasteiger partial charge in [-0.15, -0.1) is 0 Å². The highest BCUT2D eigenvalue weighted by molar-refractivity contribution is 5.67. The van der Waals surface area contributed by atoms with Gasteiger partial charge in [-0.1, -0.05) is 0 Å². The predicted octanol–water partition coefficient (Wildman–Crippen LogP) is 0.291. The molecule has 2 aliphatic heterocycles. The summed E-state index contributed by atoms with van der Waals surface area (Å²) in [5, 5.41) is 0. The average molecular weight is 402 g/mol. The Hall–Kier alpha value is -2.20. The van der Waals surface area contributed by atoms with Crippen LogP contribution in [0.15, 0.2) is 0 Å². The van der Waals surface area contributed by atoms with Gasteiger partial charge in [0.1, 0.15) is 25.4 Å². The minimum absolute atomic E-state index is 0.106. The SMILES string of the molecule is CC(=O)OC[C@@H](OC(C)=O)[C@@H]1C[C@H]2O[C@H]([C@@H](COC(C)=O)OC(C)=O)C[C@H]2O1. The van der Waals surface area contributed by atoms with E-state index in [0.717, 1.165) is 0 Å². The van der Waals surface area contributed by atoms with Crippen LogP contribution in [0.5, 0.6) is 0 Å². The maximum absolute atomic E-state index is 11.3. The third-order valence-electron chi connectivity index (χ3n) is 4.41. The molecule has 0 unspecified atom stereocenters. The Bertz CT molecular complexity index is 539. The summed E-state index contributed by atoms with van der Waals surface area (Å²) in [6.45, 7) is 4.85. The maximum atomic E-state index is 11.3. The molecule has 0 bridgehead atoms. The lowest BCUT2D eigenvalue weighted by Crippen LogP contribution is -2.39. The molecule has 10 heteroatoms. The predicted molar refractivity (Wildman–Crippen MR) is 90.9 cm³/mol. The van der Waals surface area contributed by atoms with E-state index >= 15 is 0 Å². The number of carbonyl (C=O) groups excluding carboxylic acids is 4. The van der Waals surface area contributed by atoms with Crippen LogP contribution in [-0.2, 0) is 47.6 Å². The van der Waals surface area contributed by atoms with Crippen LogP contribution in [0.25, 0.3) is 0 Å². The molecule has 2 aliphatic rings. The third kappa shape index (κ3) is 6.45. The van der Waals surface area contributed by atoms with Gasteiger partial charge in [0.05, 0.1) is 12.2 Å². The van der Waals surface area contributed by atoms with Gasteiger partial charge in [0.15, 0.2) is 12.2 Å². The Morgan fingerprint density at radius 3 is 1.36 bits per heavy atom. The monoisotopic (exact) mass is 402 g/mol. The third-order valence-corrected chi connectivity index (χ3v) is 4.41. The van der Waals surface area contributed by atoms with E-state index in [1.807, 2.05) is 0 Å². The van der Waals surface area contributed by atoms with Crippen molar-refractivity contribution in [2.24, 2.45) is 0 Å². The van der Waals surface area contributed by atoms with E-state index < -0.39 is 48.3 Å². The highest BCUT2D eigenvalue weighted by atomic mass is 16.6. The van der Waals surface area contributed by atoms with Crippen molar-refractivity contribution >= 4 is 23.9 Å². The number of hydrogen-bond donors (Lipinski definition) is 0. The summed E-state index contributed by atoms with van der Waals surface area (Å²) in [5.74, 6) is -1.98. The molecule has 0 N–H and O–H groups in total. The van der Waals surface area contributed by atoms with E-state index in [-0.39, 0.29) is 25.4 Å². The zero-order valence-electron chi connectivity index (χ0n) is 16.4. The van der Waals surface area contributed by atoms with Crippen molar-refractivity contribution in [1.82, 2.24) is 0 Å².